The molecule has 1 aliphatic rings. The van der Waals surface area contributed by atoms with Crippen molar-refractivity contribution in [1.29, 1.82) is 0 Å². The number of benzene rings is 3. The van der Waals surface area contributed by atoms with E-state index in [1.54, 1.807) is 12.1 Å². The Morgan fingerprint density at radius 1 is 0.875 bits per heavy atom. The van der Waals surface area contributed by atoms with Crippen LogP contribution in [0.5, 0.6) is 0 Å². The van der Waals surface area contributed by atoms with Crippen LogP contribution >= 0.6 is 0 Å². The quantitative estimate of drug-likeness (QED) is 0.388. The van der Waals surface area contributed by atoms with Gasteiger partial charge in [0.1, 0.15) is 5.82 Å². The van der Waals surface area contributed by atoms with E-state index in [9.17, 15) is 4.39 Å². The van der Waals surface area contributed by atoms with Gasteiger partial charge in [0.05, 0.1) is 0 Å². The van der Waals surface area contributed by atoms with Crippen LogP contribution in [0, 0.1) is 5.82 Å². The maximum atomic E-state index is 13.5. The fraction of sp³-hybridized carbons (Fsp3) is 0.310. The van der Waals surface area contributed by atoms with Gasteiger partial charge >= 0.3 is 0 Å². The van der Waals surface area contributed by atoms with Crippen LogP contribution in [0.3, 0.4) is 0 Å². The van der Waals surface area contributed by atoms with Gasteiger partial charge in [0, 0.05) is 25.7 Å². The van der Waals surface area contributed by atoms with Crippen molar-refractivity contribution in [3.63, 3.8) is 0 Å². The lowest BCUT2D eigenvalue weighted by molar-refractivity contribution is 0.197. The van der Waals surface area contributed by atoms with Crippen molar-refractivity contribution in [2.24, 2.45) is 0 Å². The summed E-state index contributed by atoms with van der Waals surface area (Å²) in [6.07, 6.45) is 4.97. The molecule has 0 aromatic heterocycles. The van der Waals surface area contributed by atoms with Crippen LogP contribution in [0.4, 0.5) is 4.39 Å². The summed E-state index contributed by atoms with van der Waals surface area (Å²) in [4.78, 5) is 5.07. The predicted molar refractivity (Wildman–Crippen MR) is 132 cm³/mol. The molecule has 1 aliphatic heterocycles. The van der Waals surface area contributed by atoms with E-state index in [-0.39, 0.29) is 11.9 Å². The molecule has 0 radical (unpaired) electrons. The third-order valence-corrected chi connectivity index (χ3v) is 6.50. The van der Waals surface area contributed by atoms with Gasteiger partial charge in [-0.3, -0.25) is 4.90 Å². The van der Waals surface area contributed by atoms with Gasteiger partial charge in [0.25, 0.3) is 0 Å². The van der Waals surface area contributed by atoms with Crippen LogP contribution in [-0.4, -0.2) is 42.5 Å². The topological polar surface area (TPSA) is 6.48 Å². The molecule has 1 heterocycles. The SMILES string of the molecule is C[C@H](c1ccc(F)cc1)N(CC=C(c1ccccc1)c1ccccc1)CCN1CCCC1. The summed E-state index contributed by atoms with van der Waals surface area (Å²) >= 11 is 0. The molecule has 0 amide bonds. The van der Waals surface area contributed by atoms with Crippen LogP contribution in [0.15, 0.2) is 91.0 Å². The minimum atomic E-state index is -0.181. The molecular weight excluding hydrogens is 395 g/mol. The lowest BCUT2D eigenvalue weighted by atomic mass is 9.97. The molecule has 0 bridgehead atoms. The summed E-state index contributed by atoms with van der Waals surface area (Å²) in [6, 6.07) is 28.4. The van der Waals surface area contributed by atoms with Crippen LogP contribution in [0.25, 0.3) is 5.57 Å². The summed E-state index contributed by atoms with van der Waals surface area (Å²) in [5, 5.41) is 0. The van der Waals surface area contributed by atoms with E-state index in [1.165, 1.54) is 42.6 Å². The van der Waals surface area contributed by atoms with Crippen LogP contribution < -0.4 is 0 Å². The molecule has 166 valence electrons. The molecular formula is C29H33FN2. The third-order valence-electron chi connectivity index (χ3n) is 6.50. The molecule has 0 unspecified atom stereocenters. The van der Waals surface area contributed by atoms with Crippen molar-refractivity contribution in [3.05, 3.63) is 114 Å². The normalized spacial score (nSPS) is 15.1. The summed E-state index contributed by atoms with van der Waals surface area (Å²) in [7, 11) is 0. The van der Waals surface area contributed by atoms with E-state index in [2.05, 4.69) is 83.5 Å². The second-order valence-corrected chi connectivity index (χ2v) is 8.62. The zero-order chi connectivity index (χ0) is 22.2. The lowest BCUT2D eigenvalue weighted by Gasteiger charge is -2.30. The van der Waals surface area contributed by atoms with Crippen LogP contribution in [0.2, 0.25) is 0 Å². The molecule has 0 N–H and O–H groups in total. The van der Waals surface area contributed by atoms with Gasteiger partial charge in [-0.05, 0) is 67.3 Å². The fourth-order valence-electron chi connectivity index (χ4n) is 4.52. The smallest absolute Gasteiger partial charge is 0.123 e. The van der Waals surface area contributed by atoms with E-state index >= 15 is 0 Å². The molecule has 1 fully saturated rings. The Balaban J connectivity index is 1.59. The van der Waals surface area contributed by atoms with Gasteiger partial charge in [-0.1, -0.05) is 78.9 Å². The fourth-order valence-corrected chi connectivity index (χ4v) is 4.52. The standard InChI is InChI=1S/C29H33FN2/c1-24(25-14-16-28(30)17-15-25)32(23-22-31-19-8-9-20-31)21-18-29(26-10-4-2-5-11-26)27-12-6-3-7-13-27/h2-7,10-18,24H,8-9,19-23H2,1H3/t24-/m1/s1. The second-order valence-electron chi connectivity index (χ2n) is 8.62. The summed E-state index contributed by atoms with van der Waals surface area (Å²) < 4.78 is 13.5. The highest BCUT2D eigenvalue weighted by molar-refractivity contribution is 5.79. The Labute approximate surface area is 192 Å². The molecule has 3 aromatic carbocycles. The minimum Gasteiger partial charge on any atom is -0.302 e. The maximum Gasteiger partial charge on any atom is 0.123 e. The Morgan fingerprint density at radius 2 is 1.44 bits per heavy atom. The monoisotopic (exact) mass is 428 g/mol. The summed E-state index contributed by atoms with van der Waals surface area (Å²) in [5.41, 5.74) is 4.87. The highest BCUT2D eigenvalue weighted by Crippen LogP contribution is 2.26. The average molecular weight is 429 g/mol. The molecule has 0 aliphatic carbocycles. The Bertz CT molecular complexity index is 935. The first-order valence-electron chi connectivity index (χ1n) is 11.7. The summed E-state index contributed by atoms with van der Waals surface area (Å²) in [5.74, 6) is -0.181. The predicted octanol–water partition coefficient (Wildman–Crippen LogP) is 6.42. The van der Waals surface area contributed by atoms with Gasteiger partial charge in [0.15, 0.2) is 0 Å². The Hall–Kier alpha value is -2.75. The first-order valence-corrected chi connectivity index (χ1v) is 11.7. The zero-order valence-electron chi connectivity index (χ0n) is 19.0. The van der Waals surface area contributed by atoms with E-state index in [1.807, 2.05) is 12.1 Å². The highest BCUT2D eigenvalue weighted by atomic mass is 19.1. The number of likely N-dealkylation sites (tertiary alicyclic amines) is 1. The lowest BCUT2D eigenvalue weighted by Crippen LogP contribution is -2.35. The first kappa shape index (κ1) is 22.4. The van der Waals surface area contributed by atoms with Gasteiger partial charge in [0.2, 0.25) is 0 Å². The van der Waals surface area contributed by atoms with Gasteiger partial charge in [-0.15, -0.1) is 0 Å². The van der Waals surface area contributed by atoms with Gasteiger partial charge in [-0.2, -0.15) is 0 Å². The third kappa shape index (κ3) is 5.93. The summed E-state index contributed by atoms with van der Waals surface area (Å²) in [6.45, 7) is 7.54. The number of hydrogen-bond donors (Lipinski definition) is 0. The van der Waals surface area contributed by atoms with Crippen LogP contribution in [-0.2, 0) is 0 Å². The molecule has 0 spiro atoms. The Kier molecular flexibility index (Phi) is 7.87. The molecule has 3 heteroatoms. The van der Waals surface area contributed by atoms with E-state index in [0.717, 1.165) is 25.2 Å². The number of hydrogen-bond acceptors (Lipinski definition) is 2. The van der Waals surface area contributed by atoms with E-state index < -0.39 is 0 Å². The highest BCUT2D eigenvalue weighted by Gasteiger charge is 2.18. The first-order chi connectivity index (χ1) is 15.7. The largest absolute Gasteiger partial charge is 0.302 e. The van der Waals surface area contributed by atoms with E-state index in [4.69, 9.17) is 0 Å². The van der Waals surface area contributed by atoms with Gasteiger partial charge < -0.3 is 4.90 Å². The molecule has 0 saturated carbocycles. The molecule has 1 saturated heterocycles. The van der Waals surface area contributed by atoms with Gasteiger partial charge in [-0.25, -0.2) is 4.39 Å². The minimum absolute atomic E-state index is 0.181. The molecule has 4 rings (SSSR count). The zero-order valence-corrected chi connectivity index (χ0v) is 19.0. The second kappa shape index (κ2) is 11.2. The molecule has 2 nitrogen and oxygen atoms in total. The molecule has 32 heavy (non-hydrogen) atoms. The number of halogens is 1. The average Bonchev–Trinajstić information content (AvgIpc) is 3.36. The van der Waals surface area contributed by atoms with Crippen molar-refractivity contribution >= 4 is 5.57 Å². The van der Waals surface area contributed by atoms with Crippen molar-refractivity contribution in [2.45, 2.75) is 25.8 Å². The van der Waals surface area contributed by atoms with Crippen molar-refractivity contribution in [1.82, 2.24) is 9.80 Å². The van der Waals surface area contributed by atoms with Crippen molar-refractivity contribution in [2.75, 3.05) is 32.7 Å². The van der Waals surface area contributed by atoms with Crippen molar-refractivity contribution < 1.29 is 4.39 Å². The maximum absolute atomic E-state index is 13.5. The van der Waals surface area contributed by atoms with E-state index in [0.29, 0.717) is 0 Å². The van der Waals surface area contributed by atoms with Crippen LogP contribution in [0.1, 0.15) is 42.5 Å². The molecule has 1 atom stereocenters. The Morgan fingerprint density at radius 3 is 2.00 bits per heavy atom. The number of rotatable bonds is 9. The number of nitrogens with zero attached hydrogens (tertiary/aromatic N) is 2. The van der Waals surface area contributed by atoms with Crippen molar-refractivity contribution in [3.8, 4) is 0 Å². The molecule has 3 aromatic rings.